The molecule has 0 aliphatic carbocycles. The summed E-state index contributed by atoms with van der Waals surface area (Å²) >= 11 is 12.2. The maximum atomic E-state index is 13.0. The fourth-order valence-corrected chi connectivity index (χ4v) is 3.50. The molecule has 4 rings (SSSR count). The summed E-state index contributed by atoms with van der Waals surface area (Å²) in [5.74, 6) is -1.41. The summed E-state index contributed by atoms with van der Waals surface area (Å²) in [6.07, 6.45) is 2.82. The van der Waals surface area contributed by atoms with Crippen molar-refractivity contribution >= 4 is 34.9 Å². The van der Waals surface area contributed by atoms with Gasteiger partial charge in [0.05, 0.1) is 40.7 Å². The number of amides is 1. The number of halogens is 2. The second kappa shape index (κ2) is 7.22. The lowest BCUT2D eigenvalue weighted by Crippen LogP contribution is -2.30. The molecule has 1 atom stereocenters. The first-order chi connectivity index (χ1) is 13.5. The van der Waals surface area contributed by atoms with Crippen molar-refractivity contribution in [2.75, 3.05) is 0 Å². The van der Waals surface area contributed by atoms with Gasteiger partial charge in [0, 0.05) is 0 Å². The molecule has 1 amide bonds. The van der Waals surface area contributed by atoms with Gasteiger partial charge in [-0.2, -0.15) is 0 Å². The van der Waals surface area contributed by atoms with Crippen LogP contribution in [0.2, 0.25) is 10.0 Å². The van der Waals surface area contributed by atoms with Crippen LogP contribution in [0.4, 0.5) is 0 Å². The minimum atomic E-state index is -0.884. The van der Waals surface area contributed by atoms with Crippen molar-refractivity contribution in [3.63, 3.8) is 0 Å². The Morgan fingerprint density at radius 3 is 2.46 bits per heavy atom. The van der Waals surface area contributed by atoms with Crippen molar-refractivity contribution in [2.24, 2.45) is 0 Å². The molecule has 6 nitrogen and oxygen atoms in total. The number of carbonyl (C=O) groups is 2. The predicted molar refractivity (Wildman–Crippen MR) is 101 cm³/mol. The number of Topliss-reactive ketones (excluding diaryl/α,β-unsaturated/α-hetero) is 1. The van der Waals surface area contributed by atoms with Crippen molar-refractivity contribution in [3.05, 3.63) is 93.5 Å². The van der Waals surface area contributed by atoms with E-state index in [2.05, 4.69) is 0 Å². The quantitative estimate of drug-likeness (QED) is 0.593. The smallest absolute Gasteiger partial charge is 0.290 e. The van der Waals surface area contributed by atoms with Crippen LogP contribution >= 0.6 is 23.2 Å². The van der Waals surface area contributed by atoms with Crippen molar-refractivity contribution in [1.82, 2.24) is 4.90 Å². The summed E-state index contributed by atoms with van der Waals surface area (Å²) in [7, 11) is 0. The van der Waals surface area contributed by atoms with Gasteiger partial charge >= 0.3 is 0 Å². The molecule has 1 aliphatic heterocycles. The molecular weight excluding hydrogens is 405 g/mol. The lowest BCUT2D eigenvalue weighted by molar-refractivity contribution is -0.130. The number of nitrogens with zero attached hydrogens (tertiary/aromatic N) is 1. The highest BCUT2D eigenvalue weighted by molar-refractivity contribution is 6.42. The Kier molecular flexibility index (Phi) is 4.75. The van der Waals surface area contributed by atoms with Crippen LogP contribution in [0.5, 0.6) is 0 Å². The van der Waals surface area contributed by atoms with Crippen LogP contribution in [0.1, 0.15) is 27.9 Å². The molecular formula is C20H13Cl2NO5. The second-order valence-corrected chi connectivity index (χ2v) is 6.97. The molecule has 3 aromatic rings. The summed E-state index contributed by atoms with van der Waals surface area (Å²) in [5, 5.41) is 11.1. The van der Waals surface area contributed by atoms with E-state index < -0.39 is 23.5 Å². The average molecular weight is 418 g/mol. The molecule has 1 aromatic carbocycles. The number of benzene rings is 1. The third-order valence-corrected chi connectivity index (χ3v) is 5.20. The number of rotatable bonds is 5. The molecule has 2 aromatic heterocycles. The van der Waals surface area contributed by atoms with Crippen LogP contribution in [0.15, 0.2) is 75.2 Å². The van der Waals surface area contributed by atoms with E-state index in [0.29, 0.717) is 16.3 Å². The molecule has 0 radical (unpaired) electrons. The van der Waals surface area contributed by atoms with Gasteiger partial charge in [-0.3, -0.25) is 9.59 Å². The van der Waals surface area contributed by atoms with Gasteiger partial charge in [-0.25, -0.2) is 0 Å². The highest BCUT2D eigenvalue weighted by atomic mass is 35.5. The fraction of sp³-hybridized carbons (Fsp3) is 0.100. The third kappa shape index (κ3) is 3.10. The Labute approximate surface area is 169 Å². The van der Waals surface area contributed by atoms with E-state index in [1.165, 1.54) is 23.5 Å². The van der Waals surface area contributed by atoms with E-state index in [9.17, 15) is 14.7 Å². The SMILES string of the molecule is O=C(C1=C(O)C(=O)N(Cc2ccco2)C1c1ccc(Cl)c(Cl)c1)c1ccco1. The Hall–Kier alpha value is -2.96. The van der Waals surface area contributed by atoms with E-state index in [1.807, 2.05) is 0 Å². The van der Waals surface area contributed by atoms with Crippen LogP contribution in [-0.2, 0) is 11.3 Å². The van der Waals surface area contributed by atoms with Crippen LogP contribution in [-0.4, -0.2) is 21.7 Å². The molecule has 0 fully saturated rings. The summed E-state index contributed by atoms with van der Waals surface area (Å²) in [6, 6.07) is 10.3. The van der Waals surface area contributed by atoms with Gasteiger partial charge in [0.2, 0.25) is 5.78 Å². The zero-order chi connectivity index (χ0) is 19.8. The normalized spacial score (nSPS) is 16.9. The van der Waals surface area contributed by atoms with E-state index in [1.54, 1.807) is 36.4 Å². The number of ketones is 1. The summed E-state index contributed by atoms with van der Waals surface area (Å²) in [5.41, 5.74) is 0.429. The predicted octanol–water partition coefficient (Wildman–Crippen LogP) is 4.96. The maximum Gasteiger partial charge on any atom is 0.290 e. The van der Waals surface area contributed by atoms with E-state index in [0.717, 1.165) is 0 Å². The summed E-state index contributed by atoms with van der Waals surface area (Å²) < 4.78 is 10.5. The lowest BCUT2D eigenvalue weighted by atomic mass is 9.95. The molecule has 0 saturated carbocycles. The highest BCUT2D eigenvalue weighted by Gasteiger charge is 2.44. The van der Waals surface area contributed by atoms with Gasteiger partial charge in [0.1, 0.15) is 5.76 Å². The number of aliphatic hydroxyl groups excluding tert-OH is 1. The monoisotopic (exact) mass is 417 g/mol. The molecule has 1 unspecified atom stereocenters. The minimum absolute atomic E-state index is 0.0132. The molecule has 3 heterocycles. The van der Waals surface area contributed by atoms with Crippen molar-refractivity contribution in [1.29, 1.82) is 0 Å². The maximum absolute atomic E-state index is 13.0. The second-order valence-electron chi connectivity index (χ2n) is 6.16. The first-order valence-electron chi connectivity index (χ1n) is 8.27. The number of carbonyl (C=O) groups excluding carboxylic acids is 2. The first kappa shape index (κ1) is 18.4. The zero-order valence-electron chi connectivity index (χ0n) is 14.3. The Balaban J connectivity index is 1.83. The van der Waals surface area contributed by atoms with Gasteiger partial charge in [-0.05, 0) is 42.0 Å². The van der Waals surface area contributed by atoms with Crippen molar-refractivity contribution in [2.45, 2.75) is 12.6 Å². The summed E-state index contributed by atoms with van der Waals surface area (Å²) in [6.45, 7) is 0.0513. The standard InChI is InChI=1S/C20H13Cl2NO5/c21-13-6-5-11(9-14(13)22)17-16(18(24)15-4-2-8-28-15)19(25)20(26)23(17)10-12-3-1-7-27-12/h1-9,17,25H,10H2. The molecule has 142 valence electrons. The minimum Gasteiger partial charge on any atom is -0.503 e. The Morgan fingerprint density at radius 2 is 1.82 bits per heavy atom. The third-order valence-electron chi connectivity index (χ3n) is 4.46. The topological polar surface area (TPSA) is 83.9 Å². The van der Waals surface area contributed by atoms with Crippen LogP contribution < -0.4 is 0 Å². The molecule has 28 heavy (non-hydrogen) atoms. The largest absolute Gasteiger partial charge is 0.503 e. The number of hydrogen-bond acceptors (Lipinski definition) is 5. The van der Waals surface area contributed by atoms with Gasteiger partial charge in [0.25, 0.3) is 5.91 Å². The fourth-order valence-electron chi connectivity index (χ4n) is 3.19. The van der Waals surface area contributed by atoms with Crippen molar-refractivity contribution in [3.8, 4) is 0 Å². The van der Waals surface area contributed by atoms with Gasteiger partial charge < -0.3 is 18.8 Å². The van der Waals surface area contributed by atoms with Crippen LogP contribution in [0, 0.1) is 0 Å². The first-order valence-corrected chi connectivity index (χ1v) is 9.02. The molecule has 0 spiro atoms. The van der Waals surface area contributed by atoms with Crippen LogP contribution in [0.3, 0.4) is 0 Å². The van der Waals surface area contributed by atoms with E-state index >= 15 is 0 Å². The van der Waals surface area contributed by atoms with Gasteiger partial charge in [-0.15, -0.1) is 0 Å². The van der Waals surface area contributed by atoms with Gasteiger partial charge in [-0.1, -0.05) is 29.3 Å². The highest BCUT2D eigenvalue weighted by Crippen LogP contribution is 2.41. The molecule has 8 heteroatoms. The number of aliphatic hydroxyl groups is 1. The van der Waals surface area contributed by atoms with E-state index in [-0.39, 0.29) is 22.9 Å². The van der Waals surface area contributed by atoms with Crippen LogP contribution in [0.25, 0.3) is 0 Å². The average Bonchev–Trinajstić information content (AvgIpc) is 3.42. The number of furan rings is 2. The van der Waals surface area contributed by atoms with Gasteiger partial charge in [0.15, 0.2) is 11.5 Å². The molecule has 1 aliphatic rings. The summed E-state index contributed by atoms with van der Waals surface area (Å²) in [4.78, 5) is 27.1. The van der Waals surface area contributed by atoms with Crippen molar-refractivity contribution < 1.29 is 23.5 Å². The molecule has 0 bridgehead atoms. The molecule has 1 N–H and O–H groups in total. The molecule has 0 saturated heterocycles. The number of hydrogen-bond donors (Lipinski definition) is 1. The zero-order valence-corrected chi connectivity index (χ0v) is 15.8. The Morgan fingerprint density at radius 1 is 1.07 bits per heavy atom. The lowest BCUT2D eigenvalue weighted by Gasteiger charge is -2.26. The Bertz CT molecular complexity index is 1070. The van der Waals surface area contributed by atoms with E-state index in [4.69, 9.17) is 32.0 Å².